The lowest BCUT2D eigenvalue weighted by molar-refractivity contribution is 0.1000. The van der Waals surface area contributed by atoms with Crippen LogP contribution in [-0.2, 0) is 11.3 Å². The van der Waals surface area contributed by atoms with Gasteiger partial charge in [-0.15, -0.1) is 0 Å². The number of ether oxygens (including phenoxy) is 1. The molecule has 0 aliphatic carbocycles. The number of rotatable bonds is 11. The zero-order valence-electron chi connectivity index (χ0n) is 19.1. The molecule has 1 aromatic carbocycles. The fraction of sp³-hybridized carbons (Fsp3) is 0.364. The average molecular weight is 474 g/mol. The number of halogens is 1. The molecule has 2 aromatic heterocycles. The van der Waals surface area contributed by atoms with Crippen molar-refractivity contribution in [3.8, 4) is 0 Å². The van der Waals surface area contributed by atoms with Gasteiger partial charge in [0.1, 0.15) is 5.82 Å². The van der Waals surface area contributed by atoms with E-state index in [1.165, 1.54) is 0 Å². The lowest BCUT2D eigenvalue weighted by Crippen LogP contribution is -2.47. The zero-order valence-corrected chi connectivity index (χ0v) is 19.1. The summed E-state index contributed by atoms with van der Waals surface area (Å²) in [4.78, 5) is 27.4. The van der Waals surface area contributed by atoms with Gasteiger partial charge in [-0.1, -0.05) is 6.07 Å². The van der Waals surface area contributed by atoms with Crippen molar-refractivity contribution in [3.63, 3.8) is 0 Å². The molecule has 34 heavy (non-hydrogen) atoms. The SMILES string of the molecule is CCOC[C@@H](Nc1nc(Nc2cccc3c2cnn3CC)c(C(N)=O)cc1F)[C@H](C)NC(=O)O. The number of aromatic nitrogens is 3. The van der Waals surface area contributed by atoms with Crippen molar-refractivity contribution in [1.82, 2.24) is 20.1 Å². The quantitative estimate of drug-likeness (QED) is 0.285. The standard InChI is InChI=1S/C22H28FN7O4/c1-4-30-18-8-6-7-16(14(18)10-25-30)27-20-13(19(24)31)9-15(23)21(29-20)28-17(11-34-5-2)12(3)26-22(32)33/h6-10,12,17,26H,4-5,11H2,1-3H3,(H2,24,31)(H,32,33)(H2,27,28,29)/t12-,17+/m0/s1. The molecular formula is C22H28FN7O4. The summed E-state index contributed by atoms with van der Waals surface area (Å²) < 4.78 is 22.1. The Hall–Kier alpha value is -3.93. The normalized spacial score (nSPS) is 12.8. The van der Waals surface area contributed by atoms with Gasteiger partial charge in [-0.3, -0.25) is 9.48 Å². The summed E-state index contributed by atoms with van der Waals surface area (Å²) in [6.07, 6.45) is 0.460. The van der Waals surface area contributed by atoms with E-state index in [4.69, 9.17) is 15.6 Å². The minimum atomic E-state index is -1.23. The molecular weight excluding hydrogens is 445 g/mol. The summed E-state index contributed by atoms with van der Waals surface area (Å²) >= 11 is 0. The van der Waals surface area contributed by atoms with Gasteiger partial charge < -0.3 is 31.5 Å². The molecule has 3 rings (SSSR count). The molecule has 6 N–H and O–H groups in total. The molecule has 0 saturated heterocycles. The summed E-state index contributed by atoms with van der Waals surface area (Å²) in [5.41, 5.74) is 6.82. The molecule has 0 spiro atoms. The van der Waals surface area contributed by atoms with Crippen LogP contribution in [-0.4, -0.2) is 57.2 Å². The van der Waals surface area contributed by atoms with Gasteiger partial charge in [0.2, 0.25) is 0 Å². The molecule has 11 nitrogen and oxygen atoms in total. The average Bonchev–Trinajstić information content (AvgIpc) is 3.21. The van der Waals surface area contributed by atoms with Gasteiger partial charge in [0, 0.05) is 18.5 Å². The van der Waals surface area contributed by atoms with Crippen molar-refractivity contribution in [2.45, 2.75) is 39.4 Å². The highest BCUT2D eigenvalue weighted by molar-refractivity contribution is 6.00. The fourth-order valence-corrected chi connectivity index (χ4v) is 3.49. The number of carboxylic acid groups (broad SMARTS) is 1. The van der Waals surface area contributed by atoms with E-state index in [-0.39, 0.29) is 23.8 Å². The Morgan fingerprint density at radius 1 is 1.29 bits per heavy atom. The highest BCUT2D eigenvalue weighted by Crippen LogP contribution is 2.29. The molecule has 0 bridgehead atoms. The predicted molar refractivity (Wildman–Crippen MR) is 126 cm³/mol. The Labute approximate surface area is 195 Å². The number of anilines is 3. The third kappa shape index (κ3) is 5.52. The zero-order chi connectivity index (χ0) is 24.8. The van der Waals surface area contributed by atoms with E-state index in [9.17, 15) is 14.0 Å². The molecule has 0 fully saturated rings. The van der Waals surface area contributed by atoms with E-state index in [0.29, 0.717) is 18.8 Å². The predicted octanol–water partition coefficient (Wildman–Crippen LogP) is 2.91. The lowest BCUT2D eigenvalue weighted by Gasteiger charge is -2.26. The second-order valence-electron chi connectivity index (χ2n) is 7.55. The molecule has 0 radical (unpaired) electrons. The van der Waals surface area contributed by atoms with Crippen molar-refractivity contribution >= 4 is 40.2 Å². The van der Waals surface area contributed by atoms with Crippen molar-refractivity contribution in [3.05, 3.63) is 41.8 Å². The molecule has 2 heterocycles. The van der Waals surface area contributed by atoms with Crippen LogP contribution in [0.4, 0.5) is 26.5 Å². The number of nitrogens with zero attached hydrogens (tertiary/aromatic N) is 3. The van der Waals surface area contributed by atoms with Gasteiger partial charge in [0.15, 0.2) is 11.6 Å². The van der Waals surface area contributed by atoms with Crippen molar-refractivity contribution in [1.29, 1.82) is 0 Å². The monoisotopic (exact) mass is 473 g/mol. The second-order valence-corrected chi connectivity index (χ2v) is 7.55. The molecule has 0 aliphatic heterocycles. The Balaban J connectivity index is 1.99. The second kappa shape index (κ2) is 10.8. The highest BCUT2D eigenvalue weighted by Gasteiger charge is 2.23. The Bertz CT molecular complexity index is 1180. The summed E-state index contributed by atoms with van der Waals surface area (Å²) in [7, 11) is 0. The number of fused-ring (bicyclic) bond motifs is 1. The van der Waals surface area contributed by atoms with E-state index < -0.39 is 29.9 Å². The maximum Gasteiger partial charge on any atom is 0.404 e. The third-order valence-electron chi connectivity index (χ3n) is 5.26. The Kier molecular flexibility index (Phi) is 7.84. The minimum Gasteiger partial charge on any atom is -0.465 e. The van der Waals surface area contributed by atoms with Gasteiger partial charge in [-0.2, -0.15) is 5.10 Å². The third-order valence-corrected chi connectivity index (χ3v) is 5.26. The van der Waals surface area contributed by atoms with Crippen LogP contribution < -0.4 is 21.7 Å². The summed E-state index contributed by atoms with van der Waals surface area (Å²) in [5.74, 6) is -1.82. The van der Waals surface area contributed by atoms with Crippen LogP contribution in [0, 0.1) is 5.82 Å². The van der Waals surface area contributed by atoms with Crippen LogP contribution in [0.25, 0.3) is 10.9 Å². The van der Waals surface area contributed by atoms with Crippen molar-refractivity contribution in [2.75, 3.05) is 23.8 Å². The topological polar surface area (TPSA) is 156 Å². The van der Waals surface area contributed by atoms with Crippen LogP contribution in [0.5, 0.6) is 0 Å². The van der Waals surface area contributed by atoms with Gasteiger partial charge in [0.25, 0.3) is 5.91 Å². The molecule has 2 amide bonds. The number of carbonyl (C=O) groups is 2. The van der Waals surface area contributed by atoms with E-state index in [1.807, 2.05) is 23.7 Å². The first-order valence-electron chi connectivity index (χ1n) is 10.8. The number of aryl methyl sites for hydroxylation is 1. The molecule has 12 heteroatoms. The largest absolute Gasteiger partial charge is 0.465 e. The van der Waals surface area contributed by atoms with Gasteiger partial charge >= 0.3 is 6.09 Å². The molecule has 0 aliphatic rings. The number of pyridine rings is 1. The number of carbonyl (C=O) groups excluding carboxylic acids is 1. The highest BCUT2D eigenvalue weighted by atomic mass is 19.1. The summed E-state index contributed by atoms with van der Waals surface area (Å²) in [6, 6.07) is 5.23. The summed E-state index contributed by atoms with van der Waals surface area (Å²) in [6.45, 7) is 6.52. The maximum atomic E-state index is 14.9. The number of hydrogen-bond acceptors (Lipinski definition) is 7. The van der Waals surface area contributed by atoms with Crippen LogP contribution in [0.15, 0.2) is 30.5 Å². The van der Waals surface area contributed by atoms with Gasteiger partial charge in [-0.05, 0) is 39.0 Å². The van der Waals surface area contributed by atoms with E-state index in [1.54, 1.807) is 26.1 Å². The smallest absolute Gasteiger partial charge is 0.404 e. The first-order valence-corrected chi connectivity index (χ1v) is 10.8. The summed E-state index contributed by atoms with van der Waals surface area (Å²) in [5, 5.41) is 22.5. The van der Waals surface area contributed by atoms with E-state index >= 15 is 0 Å². The molecule has 0 saturated carbocycles. The number of nitrogens with one attached hydrogen (secondary N) is 3. The first kappa shape index (κ1) is 24.7. The number of hydrogen-bond donors (Lipinski definition) is 5. The minimum absolute atomic E-state index is 0.0437. The molecule has 3 aromatic rings. The molecule has 2 atom stereocenters. The fourth-order valence-electron chi connectivity index (χ4n) is 3.49. The number of amides is 2. The van der Waals surface area contributed by atoms with E-state index in [0.717, 1.165) is 17.0 Å². The van der Waals surface area contributed by atoms with Crippen molar-refractivity contribution < 1.29 is 23.8 Å². The Morgan fingerprint density at radius 3 is 2.71 bits per heavy atom. The van der Waals surface area contributed by atoms with Crippen LogP contribution in [0.3, 0.4) is 0 Å². The van der Waals surface area contributed by atoms with Crippen LogP contribution >= 0.6 is 0 Å². The first-order chi connectivity index (χ1) is 16.2. The number of benzene rings is 1. The van der Waals surface area contributed by atoms with Crippen LogP contribution in [0.1, 0.15) is 31.1 Å². The number of primary amides is 1. The number of nitrogens with two attached hydrogens (primary N) is 1. The van der Waals surface area contributed by atoms with Gasteiger partial charge in [-0.25, -0.2) is 14.2 Å². The van der Waals surface area contributed by atoms with Crippen LogP contribution in [0.2, 0.25) is 0 Å². The molecule has 182 valence electrons. The van der Waals surface area contributed by atoms with E-state index in [2.05, 4.69) is 26.0 Å². The molecule has 0 unspecified atom stereocenters. The van der Waals surface area contributed by atoms with Crippen molar-refractivity contribution in [2.24, 2.45) is 5.73 Å². The maximum absolute atomic E-state index is 14.9. The lowest BCUT2D eigenvalue weighted by atomic mass is 10.1. The van der Waals surface area contributed by atoms with Gasteiger partial charge in [0.05, 0.1) is 41.7 Å². The Morgan fingerprint density at radius 2 is 2.06 bits per heavy atom.